The molecule has 0 bridgehead atoms. The average Bonchev–Trinajstić information content (AvgIpc) is 2.77. The fraction of sp³-hybridized carbons (Fsp3) is 0.345. The van der Waals surface area contributed by atoms with Crippen molar-refractivity contribution >= 4 is 29.0 Å². The summed E-state index contributed by atoms with van der Waals surface area (Å²) in [7, 11) is 0. The van der Waals surface area contributed by atoms with Gasteiger partial charge in [-0.05, 0) is 46.2 Å². The van der Waals surface area contributed by atoms with Crippen LogP contribution in [0.25, 0.3) is 0 Å². The van der Waals surface area contributed by atoms with E-state index in [1.54, 1.807) is 11.8 Å². The Balaban J connectivity index is 1.77. The van der Waals surface area contributed by atoms with Gasteiger partial charge in [0.25, 0.3) is 0 Å². The molecule has 3 aromatic carbocycles. The SMILES string of the molecule is CC(C)(C)c1cc(CSc2ccccc2NC(=O)CNc2ccccc2)c(O)c(C(C)(C)C)c1. The van der Waals surface area contributed by atoms with Gasteiger partial charge in [0.15, 0.2) is 0 Å². The molecular formula is C29H36N2O2S. The summed E-state index contributed by atoms with van der Waals surface area (Å²) in [5.41, 5.74) is 4.57. The lowest BCUT2D eigenvalue weighted by molar-refractivity contribution is -0.114. The quantitative estimate of drug-likeness (QED) is 0.312. The van der Waals surface area contributed by atoms with E-state index < -0.39 is 0 Å². The standard InChI is InChI=1S/C29H36N2O2S/c1-28(2,3)21-16-20(27(33)23(17-21)29(4,5)6)19-34-25-15-11-10-14-24(25)31-26(32)18-30-22-12-8-7-9-13-22/h7-17,30,33H,18-19H2,1-6H3,(H,31,32). The smallest absolute Gasteiger partial charge is 0.243 e. The minimum atomic E-state index is -0.164. The third kappa shape index (κ3) is 6.80. The zero-order valence-electron chi connectivity index (χ0n) is 21.0. The van der Waals surface area contributed by atoms with Crippen LogP contribution in [0.1, 0.15) is 58.2 Å². The van der Waals surface area contributed by atoms with E-state index >= 15 is 0 Å². The van der Waals surface area contributed by atoms with Gasteiger partial charge >= 0.3 is 0 Å². The van der Waals surface area contributed by atoms with Crippen molar-refractivity contribution in [3.05, 3.63) is 83.4 Å². The topological polar surface area (TPSA) is 61.4 Å². The van der Waals surface area contributed by atoms with E-state index in [4.69, 9.17) is 0 Å². The fourth-order valence-corrected chi connectivity index (χ4v) is 4.57. The first-order valence-electron chi connectivity index (χ1n) is 11.6. The first-order chi connectivity index (χ1) is 15.9. The van der Waals surface area contributed by atoms with Gasteiger partial charge in [0, 0.05) is 21.9 Å². The summed E-state index contributed by atoms with van der Waals surface area (Å²) in [6.07, 6.45) is 0. The molecule has 0 spiro atoms. The molecule has 0 aliphatic carbocycles. The molecule has 3 rings (SSSR count). The zero-order chi connectivity index (χ0) is 24.9. The molecule has 0 saturated carbocycles. The maximum atomic E-state index is 12.6. The lowest BCUT2D eigenvalue weighted by Gasteiger charge is -2.27. The highest BCUT2D eigenvalue weighted by Crippen LogP contribution is 2.40. The third-order valence-corrected chi connectivity index (χ3v) is 6.76. The molecule has 3 N–H and O–H groups in total. The van der Waals surface area contributed by atoms with Crippen LogP contribution in [0.2, 0.25) is 0 Å². The minimum Gasteiger partial charge on any atom is -0.507 e. The van der Waals surface area contributed by atoms with Gasteiger partial charge in [-0.15, -0.1) is 11.8 Å². The number of amides is 1. The van der Waals surface area contributed by atoms with Crippen LogP contribution in [0.3, 0.4) is 0 Å². The molecule has 34 heavy (non-hydrogen) atoms. The number of para-hydroxylation sites is 2. The molecule has 0 atom stereocenters. The van der Waals surface area contributed by atoms with Crippen LogP contribution in [0.4, 0.5) is 11.4 Å². The molecule has 0 aliphatic rings. The second kappa shape index (κ2) is 10.6. The number of nitrogens with one attached hydrogen (secondary N) is 2. The Bertz CT molecular complexity index is 1130. The van der Waals surface area contributed by atoms with Crippen LogP contribution in [0.5, 0.6) is 5.75 Å². The minimum absolute atomic E-state index is 0.0231. The molecule has 0 aromatic heterocycles. The number of phenols is 1. The number of hydrogen-bond donors (Lipinski definition) is 3. The van der Waals surface area contributed by atoms with Gasteiger partial charge in [-0.3, -0.25) is 4.79 Å². The molecule has 0 unspecified atom stereocenters. The summed E-state index contributed by atoms with van der Waals surface area (Å²) >= 11 is 1.61. The molecule has 3 aromatic rings. The monoisotopic (exact) mass is 476 g/mol. The van der Waals surface area contributed by atoms with E-state index in [9.17, 15) is 9.90 Å². The number of carbonyl (C=O) groups is 1. The van der Waals surface area contributed by atoms with Gasteiger partial charge in [0.05, 0.1) is 12.2 Å². The number of aromatic hydroxyl groups is 1. The average molecular weight is 477 g/mol. The van der Waals surface area contributed by atoms with E-state index in [1.807, 2.05) is 54.6 Å². The maximum Gasteiger partial charge on any atom is 0.243 e. The number of phenolic OH excluding ortho intramolecular Hbond substituents is 1. The molecule has 0 fully saturated rings. The summed E-state index contributed by atoms with van der Waals surface area (Å²) in [4.78, 5) is 13.5. The van der Waals surface area contributed by atoms with Crippen molar-refractivity contribution < 1.29 is 9.90 Å². The van der Waals surface area contributed by atoms with Crippen molar-refractivity contribution in [2.24, 2.45) is 0 Å². The summed E-state index contributed by atoms with van der Waals surface area (Å²) < 4.78 is 0. The maximum absolute atomic E-state index is 12.6. The van der Waals surface area contributed by atoms with E-state index in [0.717, 1.165) is 27.4 Å². The van der Waals surface area contributed by atoms with Crippen LogP contribution >= 0.6 is 11.8 Å². The lowest BCUT2D eigenvalue weighted by atomic mass is 9.79. The van der Waals surface area contributed by atoms with E-state index in [1.165, 1.54) is 5.56 Å². The second-order valence-electron chi connectivity index (χ2n) is 10.6. The third-order valence-electron chi connectivity index (χ3n) is 5.63. The summed E-state index contributed by atoms with van der Waals surface area (Å²) in [6, 6.07) is 21.7. The molecule has 0 heterocycles. The van der Waals surface area contributed by atoms with Crippen LogP contribution in [-0.4, -0.2) is 17.6 Å². The van der Waals surface area contributed by atoms with E-state index in [-0.39, 0.29) is 23.3 Å². The van der Waals surface area contributed by atoms with Crippen LogP contribution < -0.4 is 10.6 Å². The van der Waals surface area contributed by atoms with Crippen LogP contribution in [0.15, 0.2) is 71.6 Å². The highest BCUT2D eigenvalue weighted by molar-refractivity contribution is 7.98. The normalized spacial score (nSPS) is 11.8. The Hall–Kier alpha value is -2.92. The van der Waals surface area contributed by atoms with Crippen LogP contribution in [0, 0.1) is 0 Å². The van der Waals surface area contributed by atoms with Gasteiger partial charge in [-0.25, -0.2) is 0 Å². The number of rotatable bonds is 7. The molecule has 0 aliphatic heterocycles. The number of hydrogen-bond acceptors (Lipinski definition) is 4. The number of benzene rings is 3. The Morgan fingerprint density at radius 2 is 1.53 bits per heavy atom. The van der Waals surface area contributed by atoms with Crippen LogP contribution in [-0.2, 0) is 21.4 Å². The molecule has 0 saturated heterocycles. The van der Waals surface area contributed by atoms with Gasteiger partial charge in [-0.2, -0.15) is 0 Å². The first-order valence-corrected chi connectivity index (χ1v) is 12.6. The summed E-state index contributed by atoms with van der Waals surface area (Å²) in [5.74, 6) is 0.861. The molecule has 180 valence electrons. The number of carbonyl (C=O) groups excluding carboxylic acids is 1. The van der Waals surface area contributed by atoms with Crippen molar-refractivity contribution in [2.75, 3.05) is 17.2 Å². The molecule has 1 amide bonds. The van der Waals surface area contributed by atoms with E-state index in [2.05, 4.69) is 64.3 Å². The Morgan fingerprint density at radius 3 is 2.18 bits per heavy atom. The molecule has 4 nitrogen and oxygen atoms in total. The fourth-order valence-electron chi connectivity index (χ4n) is 3.59. The van der Waals surface area contributed by atoms with Gasteiger partial charge in [-0.1, -0.05) is 84.0 Å². The lowest BCUT2D eigenvalue weighted by Crippen LogP contribution is -2.22. The Kier molecular flexibility index (Phi) is 7.98. The molecular weight excluding hydrogens is 440 g/mol. The largest absolute Gasteiger partial charge is 0.507 e. The predicted molar refractivity (Wildman–Crippen MR) is 145 cm³/mol. The van der Waals surface area contributed by atoms with Crippen molar-refractivity contribution in [1.82, 2.24) is 0 Å². The first kappa shape index (κ1) is 25.7. The van der Waals surface area contributed by atoms with Crippen molar-refractivity contribution in [2.45, 2.75) is 63.0 Å². The summed E-state index contributed by atoms with van der Waals surface area (Å²) in [6.45, 7) is 13.1. The Labute approximate surface area is 208 Å². The van der Waals surface area contributed by atoms with Crippen molar-refractivity contribution in [3.63, 3.8) is 0 Å². The van der Waals surface area contributed by atoms with E-state index in [0.29, 0.717) is 11.5 Å². The van der Waals surface area contributed by atoms with Gasteiger partial charge in [0.2, 0.25) is 5.91 Å². The van der Waals surface area contributed by atoms with Gasteiger partial charge < -0.3 is 15.7 Å². The molecule has 5 heteroatoms. The zero-order valence-corrected chi connectivity index (χ0v) is 21.8. The van der Waals surface area contributed by atoms with Gasteiger partial charge in [0.1, 0.15) is 5.75 Å². The highest BCUT2D eigenvalue weighted by Gasteiger charge is 2.25. The second-order valence-corrected chi connectivity index (χ2v) is 11.6. The van der Waals surface area contributed by atoms with Crippen molar-refractivity contribution in [3.8, 4) is 5.75 Å². The number of thioether (sulfide) groups is 1. The Morgan fingerprint density at radius 1 is 0.882 bits per heavy atom. The molecule has 0 radical (unpaired) electrons. The number of anilines is 2. The highest BCUT2D eigenvalue weighted by atomic mass is 32.2. The summed E-state index contributed by atoms with van der Waals surface area (Å²) in [5, 5.41) is 17.3. The predicted octanol–water partition coefficient (Wildman–Crippen LogP) is 7.33. The van der Waals surface area contributed by atoms with Crippen molar-refractivity contribution in [1.29, 1.82) is 0 Å².